The number of ether oxygens (including phenoxy) is 3. The first-order chi connectivity index (χ1) is 9.02. The minimum absolute atomic E-state index is 0.132. The molecule has 1 aliphatic rings. The second kappa shape index (κ2) is 8.17. The van der Waals surface area contributed by atoms with Crippen LogP contribution in [-0.2, 0) is 14.2 Å². The van der Waals surface area contributed by atoms with Gasteiger partial charge in [-0.1, -0.05) is 13.8 Å². The van der Waals surface area contributed by atoms with Crippen molar-refractivity contribution in [1.82, 2.24) is 5.32 Å². The standard InChI is InChI=1S/C14H29NO4/c1-5-19-13-8-12(14(13,2)3)15-9-11(16)10-18-7-6-17-4/h11-13,15-16H,5-10H2,1-4H3. The first kappa shape index (κ1) is 16.9. The van der Waals surface area contributed by atoms with Gasteiger partial charge in [0, 0.05) is 31.7 Å². The lowest BCUT2D eigenvalue weighted by Gasteiger charge is -2.52. The molecule has 0 aromatic heterocycles. The predicted molar refractivity (Wildman–Crippen MR) is 74.3 cm³/mol. The molecule has 0 aromatic rings. The summed E-state index contributed by atoms with van der Waals surface area (Å²) in [5.41, 5.74) is 0.132. The Morgan fingerprint density at radius 3 is 2.68 bits per heavy atom. The largest absolute Gasteiger partial charge is 0.389 e. The van der Waals surface area contributed by atoms with Gasteiger partial charge in [-0.2, -0.15) is 0 Å². The van der Waals surface area contributed by atoms with E-state index in [0.29, 0.717) is 38.5 Å². The number of nitrogens with one attached hydrogen (secondary N) is 1. The second-order valence-electron chi connectivity index (χ2n) is 5.68. The number of hydrogen-bond donors (Lipinski definition) is 2. The number of aliphatic hydroxyl groups excluding tert-OH is 1. The van der Waals surface area contributed by atoms with Crippen LogP contribution in [0.5, 0.6) is 0 Å². The number of aliphatic hydroxyl groups is 1. The number of hydrogen-bond acceptors (Lipinski definition) is 5. The van der Waals surface area contributed by atoms with Gasteiger partial charge in [-0.25, -0.2) is 0 Å². The van der Waals surface area contributed by atoms with Crippen molar-refractivity contribution in [2.45, 2.75) is 45.4 Å². The van der Waals surface area contributed by atoms with E-state index < -0.39 is 6.10 Å². The minimum Gasteiger partial charge on any atom is -0.389 e. The van der Waals surface area contributed by atoms with E-state index in [1.165, 1.54) is 0 Å². The summed E-state index contributed by atoms with van der Waals surface area (Å²) in [4.78, 5) is 0. The Morgan fingerprint density at radius 2 is 2.11 bits per heavy atom. The third-order valence-electron chi connectivity index (χ3n) is 3.89. The van der Waals surface area contributed by atoms with Crippen LogP contribution in [-0.4, -0.2) is 63.4 Å². The van der Waals surface area contributed by atoms with Crippen molar-refractivity contribution in [2.24, 2.45) is 5.41 Å². The van der Waals surface area contributed by atoms with Gasteiger partial charge in [-0.3, -0.25) is 0 Å². The molecule has 3 atom stereocenters. The van der Waals surface area contributed by atoms with Crippen LogP contribution in [0, 0.1) is 5.41 Å². The molecular weight excluding hydrogens is 246 g/mol. The second-order valence-corrected chi connectivity index (χ2v) is 5.68. The highest BCUT2D eigenvalue weighted by Gasteiger charge is 2.48. The van der Waals surface area contributed by atoms with Crippen LogP contribution < -0.4 is 5.32 Å². The van der Waals surface area contributed by atoms with E-state index in [1.54, 1.807) is 7.11 Å². The zero-order valence-corrected chi connectivity index (χ0v) is 12.6. The van der Waals surface area contributed by atoms with Crippen molar-refractivity contribution in [1.29, 1.82) is 0 Å². The SMILES string of the molecule is CCOC1CC(NCC(O)COCCOC)C1(C)C. The van der Waals surface area contributed by atoms with Gasteiger partial charge in [0.05, 0.1) is 32.0 Å². The molecule has 2 N–H and O–H groups in total. The predicted octanol–water partition coefficient (Wildman–Crippen LogP) is 0.804. The van der Waals surface area contributed by atoms with Gasteiger partial charge in [-0.05, 0) is 13.3 Å². The Kier molecular flexibility index (Phi) is 7.25. The average molecular weight is 275 g/mol. The summed E-state index contributed by atoms with van der Waals surface area (Å²) >= 11 is 0. The lowest BCUT2D eigenvalue weighted by Crippen LogP contribution is -2.61. The van der Waals surface area contributed by atoms with Gasteiger partial charge in [0.2, 0.25) is 0 Å². The van der Waals surface area contributed by atoms with Crippen molar-refractivity contribution >= 4 is 0 Å². The molecule has 0 aromatic carbocycles. The summed E-state index contributed by atoms with van der Waals surface area (Å²) in [6.07, 6.45) is 0.863. The number of methoxy groups -OCH3 is 1. The van der Waals surface area contributed by atoms with Crippen LogP contribution >= 0.6 is 0 Å². The van der Waals surface area contributed by atoms with Gasteiger partial charge in [-0.15, -0.1) is 0 Å². The topological polar surface area (TPSA) is 60.0 Å². The molecule has 1 fully saturated rings. The molecule has 3 unspecified atom stereocenters. The van der Waals surface area contributed by atoms with Gasteiger partial charge in [0.1, 0.15) is 0 Å². The van der Waals surface area contributed by atoms with E-state index in [2.05, 4.69) is 19.2 Å². The molecule has 114 valence electrons. The molecule has 1 aliphatic carbocycles. The molecule has 5 nitrogen and oxygen atoms in total. The Balaban J connectivity index is 2.12. The summed E-state index contributed by atoms with van der Waals surface area (Å²) in [6.45, 7) is 9.18. The van der Waals surface area contributed by atoms with Crippen LogP contribution in [0.25, 0.3) is 0 Å². The Bertz CT molecular complexity index is 248. The first-order valence-corrected chi connectivity index (χ1v) is 7.12. The van der Waals surface area contributed by atoms with Gasteiger partial charge >= 0.3 is 0 Å². The van der Waals surface area contributed by atoms with E-state index in [-0.39, 0.29) is 5.41 Å². The smallest absolute Gasteiger partial charge is 0.0897 e. The van der Waals surface area contributed by atoms with Crippen LogP contribution in [0.15, 0.2) is 0 Å². The van der Waals surface area contributed by atoms with Crippen molar-refractivity contribution in [3.63, 3.8) is 0 Å². The third-order valence-corrected chi connectivity index (χ3v) is 3.89. The Hall–Kier alpha value is -0.200. The third kappa shape index (κ3) is 5.00. The van der Waals surface area contributed by atoms with Crippen molar-refractivity contribution < 1.29 is 19.3 Å². The molecule has 19 heavy (non-hydrogen) atoms. The van der Waals surface area contributed by atoms with Gasteiger partial charge in [0.25, 0.3) is 0 Å². The summed E-state index contributed by atoms with van der Waals surface area (Å²) in [6, 6.07) is 0.401. The minimum atomic E-state index is -0.473. The Morgan fingerprint density at radius 1 is 1.37 bits per heavy atom. The van der Waals surface area contributed by atoms with Crippen LogP contribution in [0.4, 0.5) is 0 Å². The zero-order valence-electron chi connectivity index (χ0n) is 12.6. The highest BCUT2D eigenvalue weighted by molar-refractivity contribution is 5.02. The van der Waals surface area contributed by atoms with Crippen LogP contribution in [0.3, 0.4) is 0 Å². The fourth-order valence-electron chi connectivity index (χ4n) is 2.41. The molecule has 1 rings (SSSR count). The van der Waals surface area contributed by atoms with Crippen LogP contribution in [0.2, 0.25) is 0 Å². The fourth-order valence-corrected chi connectivity index (χ4v) is 2.41. The molecule has 0 amide bonds. The lowest BCUT2D eigenvalue weighted by molar-refractivity contribution is -0.116. The van der Waals surface area contributed by atoms with E-state index in [4.69, 9.17) is 14.2 Å². The van der Waals surface area contributed by atoms with Gasteiger partial charge < -0.3 is 24.6 Å². The molecule has 0 spiro atoms. The molecule has 0 radical (unpaired) electrons. The average Bonchev–Trinajstić information content (AvgIpc) is 2.38. The summed E-state index contributed by atoms with van der Waals surface area (Å²) in [7, 11) is 1.63. The monoisotopic (exact) mass is 275 g/mol. The van der Waals surface area contributed by atoms with Crippen molar-refractivity contribution in [2.75, 3.05) is 40.1 Å². The first-order valence-electron chi connectivity index (χ1n) is 7.12. The fraction of sp³-hybridized carbons (Fsp3) is 1.00. The lowest BCUT2D eigenvalue weighted by atomic mass is 9.64. The molecule has 5 heteroatoms. The molecule has 0 saturated heterocycles. The molecule has 0 aliphatic heterocycles. The maximum absolute atomic E-state index is 9.80. The summed E-state index contributed by atoms with van der Waals surface area (Å²) < 4.78 is 15.8. The van der Waals surface area contributed by atoms with Gasteiger partial charge in [0.15, 0.2) is 0 Å². The quantitative estimate of drug-likeness (QED) is 0.578. The molecule has 0 heterocycles. The van der Waals surface area contributed by atoms with E-state index in [9.17, 15) is 5.11 Å². The number of rotatable bonds is 10. The van der Waals surface area contributed by atoms with Crippen molar-refractivity contribution in [3.8, 4) is 0 Å². The molecule has 1 saturated carbocycles. The van der Waals surface area contributed by atoms with Crippen molar-refractivity contribution in [3.05, 3.63) is 0 Å². The maximum atomic E-state index is 9.80. The summed E-state index contributed by atoms with van der Waals surface area (Å²) in [5, 5.41) is 13.2. The van der Waals surface area contributed by atoms with E-state index in [1.807, 2.05) is 6.92 Å². The van der Waals surface area contributed by atoms with E-state index >= 15 is 0 Å². The Labute approximate surface area is 116 Å². The highest BCUT2D eigenvalue weighted by Crippen LogP contribution is 2.42. The normalized spacial score (nSPS) is 27.0. The zero-order chi connectivity index (χ0) is 14.3. The molecule has 0 bridgehead atoms. The molecular formula is C14H29NO4. The summed E-state index contributed by atoms with van der Waals surface area (Å²) in [5.74, 6) is 0. The van der Waals surface area contributed by atoms with E-state index in [0.717, 1.165) is 13.0 Å². The maximum Gasteiger partial charge on any atom is 0.0897 e. The van der Waals surface area contributed by atoms with Crippen LogP contribution in [0.1, 0.15) is 27.2 Å². The highest BCUT2D eigenvalue weighted by atomic mass is 16.5.